The normalized spacial score (nSPS) is 10.5. The fourth-order valence-corrected chi connectivity index (χ4v) is 1.21. The molecule has 1 aromatic rings. The zero-order chi connectivity index (χ0) is 11.1. The standard InChI is InChI=1S/C12H15NO2/c1-13-12(15)9-11-6-4-10(5-7-11)3-2-8-14/h2-7,14H,8-9H2,1H3,(H,13,15). The summed E-state index contributed by atoms with van der Waals surface area (Å²) < 4.78 is 0. The van der Waals surface area contributed by atoms with Gasteiger partial charge in [-0.15, -0.1) is 0 Å². The lowest BCUT2D eigenvalue weighted by Gasteiger charge is -2.00. The van der Waals surface area contributed by atoms with Crippen molar-refractivity contribution in [2.45, 2.75) is 6.42 Å². The number of hydrogen-bond donors (Lipinski definition) is 2. The number of carbonyl (C=O) groups is 1. The second kappa shape index (κ2) is 5.98. The lowest BCUT2D eigenvalue weighted by molar-refractivity contribution is -0.119. The Kier molecular flexibility index (Phi) is 4.57. The van der Waals surface area contributed by atoms with Crippen LogP contribution in [0.25, 0.3) is 6.08 Å². The number of aliphatic hydroxyl groups excluding tert-OH is 1. The lowest BCUT2D eigenvalue weighted by Crippen LogP contribution is -2.19. The van der Waals surface area contributed by atoms with Crippen molar-refractivity contribution >= 4 is 12.0 Å². The van der Waals surface area contributed by atoms with Crippen LogP contribution in [0.15, 0.2) is 30.3 Å². The Balaban J connectivity index is 2.64. The summed E-state index contributed by atoms with van der Waals surface area (Å²) in [4.78, 5) is 11.1. The molecule has 0 aliphatic heterocycles. The van der Waals surface area contributed by atoms with E-state index in [0.717, 1.165) is 11.1 Å². The molecule has 0 bridgehead atoms. The first-order valence-electron chi connectivity index (χ1n) is 4.83. The van der Waals surface area contributed by atoms with Crippen LogP contribution < -0.4 is 5.32 Å². The molecule has 0 aliphatic carbocycles. The number of aliphatic hydroxyl groups is 1. The van der Waals surface area contributed by atoms with Crippen molar-refractivity contribution in [2.75, 3.05) is 13.7 Å². The minimum absolute atomic E-state index is 0.00801. The van der Waals surface area contributed by atoms with Gasteiger partial charge in [0.05, 0.1) is 13.0 Å². The number of benzene rings is 1. The van der Waals surface area contributed by atoms with Crippen LogP contribution in [0.1, 0.15) is 11.1 Å². The van der Waals surface area contributed by atoms with E-state index in [4.69, 9.17) is 5.11 Å². The molecule has 80 valence electrons. The molecule has 0 heterocycles. The van der Waals surface area contributed by atoms with Gasteiger partial charge in [0.15, 0.2) is 0 Å². The highest BCUT2D eigenvalue weighted by atomic mass is 16.2. The summed E-state index contributed by atoms with van der Waals surface area (Å²) in [5.41, 5.74) is 2.00. The van der Waals surface area contributed by atoms with Gasteiger partial charge in [0.25, 0.3) is 0 Å². The van der Waals surface area contributed by atoms with E-state index in [1.807, 2.05) is 30.3 Å². The molecule has 0 fully saturated rings. The van der Waals surface area contributed by atoms with Crippen molar-refractivity contribution in [1.82, 2.24) is 5.32 Å². The maximum absolute atomic E-state index is 11.1. The number of hydrogen-bond acceptors (Lipinski definition) is 2. The van der Waals surface area contributed by atoms with Crippen LogP contribution in [0.3, 0.4) is 0 Å². The van der Waals surface area contributed by atoms with E-state index in [2.05, 4.69) is 5.32 Å². The number of nitrogens with one attached hydrogen (secondary N) is 1. The number of carbonyl (C=O) groups excluding carboxylic acids is 1. The Hall–Kier alpha value is -1.61. The van der Waals surface area contributed by atoms with E-state index in [-0.39, 0.29) is 12.5 Å². The van der Waals surface area contributed by atoms with Gasteiger partial charge in [-0.1, -0.05) is 36.4 Å². The van der Waals surface area contributed by atoms with Crippen molar-refractivity contribution in [3.8, 4) is 0 Å². The van der Waals surface area contributed by atoms with E-state index in [9.17, 15) is 4.79 Å². The van der Waals surface area contributed by atoms with E-state index >= 15 is 0 Å². The monoisotopic (exact) mass is 205 g/mol. The summed E-state index contributed by atoms with van der Waals surface area (Å²) in [5.74, 6) is 0.00801. The third-order valence-electron chi connectivity index (χ3n) is 2.04. The first kappa shape index (κ1) is 11.5. The molecule has 3 nitrogen and oxygen atoms in total. The molecule has 0 aliphatic rings. The van der Waals surface area contributed by atoms with E-state index in [1.54, 1.807) is 13.1 Å². The fourth-order valence-electron chi connectivity index (χ4n) is 1.21. The van der Waals surface area contributed by atoms with Crippen molar-refractivity contribution in [1.29, 1.82) is 0 Å². The first-order valence-corrected chi connectivity index (χ1v) is 4.83. The number of rotatable bonds is 4. The Morgan fingerprint density at radius 1 is 1.40 bits per heavy atom. The third kappa shape index (κ3) is 3.95. The molecule has 0 aromatic heterocycles. The van der Waals surface area contributed by atoms with E-state index in [1.165, 1.54) is 0 Å². The quantitative estimate of drug-likeness (QED) is 0.769. The molecule has 3 heteroatoms. The molecule has 1 amide bonds. The molecule has 0 spiro atoms. The average Bonchev–Trinajstić information content (AvgIpc) is 2.28. The second-order valence-electron chi connectivity index (χ2n) is 3.18. The van der Waals surface area contributed by atoms with Crippen LogP contribution in [-0.4, -0.2) is 24.7 Å². The molecular formula is C12H15NO2. The van der Waals surface area contributed by atoms with E-state index < -0.39 is 0 Å². The zero-order valence-corrected chi connectivity index (χ0v) is 8.73. The molecule has 0 atom stereocenters. The molecular weight excluding hydrogens is 190 g/mol. The van der Waals surface area contributed by atoms with Gasteiger partial charge in [-0.25, -0.2) is 0 Å². The Morgan fingerprint density at radius 2 is 2.07 bits per heavy atom. The van der Waals surface area contributed by atoms with Gasteiger partial charge in [-0.3, -0.25) is 4.79 Å². The average molecular weight is 205 g/mol. The van der Waals surface area contributed by atoms with Gasteiger partial charge in [-0.2, -0.15) is 0 Å². The van der Waals surface area contributed by atoms with Crippen molar-refractivity contribution in [3.63, 3.8) is 0 Å². The van der Waals surface area contributed by atoms with Crippen LogP contribution >= 0.6 is 0 Å². The van der Waals surface area contributed by atoms with Crippen LogP contribution in [-0.2, 0) is 11.2 Å². The third-order valence-corrected chi connectivity index (χ3v) is 2.04. The molecule has 15 heavy (non-hydrogen) atoms. The molecule has 0 saturated heterocycles. The highest BCUT2D eigenvalue weighted by Gasteiger charge is 1.99. The number of amides is 1. The maximum Gasteiger partial charge on any atom is 0.224 e. The van der Waals surface area contributed by atoms with Gasteiger partial charge in [0, 0.05) is 7.05 Å². The van der Waals surface area contributed by atoms with Crippen molar-refractivity contribution < 1.29 is 9.90 Å². The van der Waals surface area contributed by atoms with Crippen LogP contribution in [0, 0.1) is 0 Å². The summed E-state index contributed by atoms with van der Waals surface area (Å²) in [6, 6.07) is 7.66. The van der Waals surface area contributed by atoms with Crippen molar-refractivity contribution in [3.05, 3.63) is 41.5 Å². The molecule has 1 rings (SSSR count). The van der Waals surface area contributed by atoms with Gasteiger partial charge >= 0.3 is 0 Å². The van der Waals surface area contributed by atoms with Gasteiger partial charge < -0.3 is 10.4 Å². The van der Waals surface area contributed by atoms with Gasteiger partial charge in [0.2, 0.25) is 5.91 Å². The molecule has 0 radical (unpaired) electrons. The molecule has 2 N–H and O–H groups in total. The van der Waals surface area contributed by atoms with Crippen LogP contribution in [0.4, 0.5) is 0 Å². The highest BCUT2D eigenvalue weighted by Crippen LogP contribution is 2.06. The Morgan fingerprint density at radius 3 is 2.60 bits per heavy atom. The summed E-state index contributed by atoms with van der Waals surface area (Å²) >= 11 is 0. The molecule has 1 aromatic carbocycles. The smallest absolute Gasteiger partial charge is 0.224 e. The summed E-state index contributed by atoms with van der Waals surface area (Å²) in [6.45, 7) is 0.0417. The van der Waals surface area contributed by atoms with Crippen molar-refractivity contribution in [2.24, 2.45) is 0 Å². The molecule has 0 unspecified atom stereocenters. The number of likely N-dealkylation sites (N-methyl/N-ethyl adjacent to an activating group) is 1. The summed E-state index contributed by atoms with van der Waals surface area (Å²) in [6.07, 6.45) is 3.91. The van der Waals surface area contributed by atoms with Crippen LogP contribution in [0.2, 0.25) is 0 Å². The first-order chi connectivity index (χ1) is 7.26. The van der Waals surface area contributed by atoms with Gasteiger partial charge in [0.1, 0.15) is 0 Å². The second-order valence-corrected chi connectivity index (χ2v) is 3.18. The predicted molar refractivity (Wildman–Crippen MR) is 60.3 cm³/mol. The van der Waals surface area contributed by atoms with Gasteiger partial charge in [-0.05, 0) is 11.1 Å². The lowest BCUT2D eigenvalue weighted by atomic mass is 10.1. The Bertz CT molecular complexity index is 341. The summed E-state index contributed by atoms with van der Waals surface area (Å²) in [5, 5.41) is 11.2. The van der Waals surface area contributed by atoms with E-state index in [0.29, 0.717) is 6.42 Å². The molecule has 0 saturated carbocycles. The zero-order valence-electron chi connectivity index (χ0n) is 8.73. The minimum Gasteiger partial charge on any atom is -0.392 e. The SMILES string of the molecule is CNC(=O)Cc1ccc(C=CCO)cc1. The van der Waals surface area contributed by atoms with Crippen LogP contribution in [0.5, 0.6) is 0 Å². The topological polar surface area (TPSA) is 49.3 Å². The maximum atomic E-state index is 11.1. The Labute approximate surface area is 89.4 Å². The highest BCUT2D eigenvalue weighted by molar-refractivity contribution is 5.78. The minimum atomic E-state index is 0.00801. The predicted octanol–water partition coefficient (Wildman–Crippen LogP) is 0.981. The summed E-state index contributed by atoms with van der Waals surface area (Å²) in [7, 11) is 1.63. The largest absolute Gasteiger partial charge is 0.392 e. The fraction of sp³-hybridized carbons (Fsp3) is 0.250.